The summed E-state index contributed by atoms with van der Waals surface area (Å²) >= 11 is 0. The van der Waals surface area contributed by atoms with Gasteiger partial charge in [0, 0.05) is 6.42 Å². The first-order chi connectivity index (χ1) is 16.8. The van der Waals surface area contributed by atoms with Gasteiger partial charge in [-0.1, -0.05) is 75.4 Å². The minimum absolute atomic E-state index is 0.0525. The van der Waals surface area contributed by atoms with E-state index in [0.29, 0.717) is 38.6 Å². The zero-order valence-electron chi connectivity index (χ0n) is 21.2. The molecule has 5 heteroatoms. The lowest BCUT2D eigenvalue weighted by atomic mass is 9.87. The number of carbonyl (C=O) groups is 1. The third-order valence-electron chi connectivity index (χ3n) is 5.50. The summed E-state index contributed by atoms with van der Waals surface area (Å²) in [4.78, 5) is 12.6. The first kappa shape index (κ1) is 26.3. The summed E-state index contributed by atoms with van der Waals surface area (Å²) in [6.07, 6.45) is -0.325. The maximum absolute atomic E-state index is 12.6. The van der Waals surface area contributed by atoms with Crippen molar-refractivity contribution in [3.8, 4) is 11.5 Å². The van der Waals surface area contributed by atoms with Crippen LogP contribution >= 0.6 is 0 Å². The van der Waals surface area contributed by atoms with Gasteiger partial charge in [-0.25, -0.2) is 4.79 Å². The summed E-state index contributed by atoms with van der Waals surface area (Å²) in [5.41, 5.74) is 3.36. The van der Waals surface area contributed by atoms with Crippen molar-refractivity contribution in [2.75, 3.05) is 19.8 Å². The standard InChI is InChI=1S/C30H36O5/c1-5-33-29(31)28(35-27-17-13-25(14-18-27)30(2,3)4)21-23-11-15-26(16-12-23)34-20-19-32-22-24-9-7-6-8-10-24/h6-18,28H,5,19-22H2,1-4H3/t28-/m0/s1. The highest BCUT2D eigenvalue weighted by Crippen LogP contribution is 2.25. The lowest BCUT2D eigenvalue weighted by molar-refractivity contribution is -0.151. The van der Waals surface area contributed by atoms with Crippen LogP contribution in [0.25, 0.3) is 0 Å². The van der Waals surface area contributed by atoms with E-state index in [0.717, 1.165) is 16.9 Å². The molecule has 0 radical (unpaired) electrons. The molecule has 0 unspecified atom stereocenters. The van der Waals surface area contributed by atoms with E-state index >= 15 is 0 Å². The molecule has 3 rings (SSSR count). The van der Waals surface area contributed by atoms with Crippen LogP contribution in [0, 0.1) is 0 Å². The summed E-state index contributed by atoms with van der Waals surface area (Å²) in [7, 11) is 0. The zero-order chi connectivity index (χ0) is 25.1. The highest BCUT2D eigenvalue weighted by atomic mass is 16.6. The molecular formula is C30H36O5. The zero-order valence-corrected chi connectivity index (χ0v) is 21.2. The molecule has 0 fully saturated rings. The number of carbonyl (C=O) groups excluding carboxylic acids is 1. The van der Waals surface area contributed by atoms with Gasteiger partial charge >= 0.3 is 5.97 Å². The molecule has 0 N–H and O–H groups in total. The fourth-order valence-corrected chi connectivity index (χ4v) is 3.52. The Bertz CT molecular complexity index is 1020. The highest BCUT2D eigenvalue weighted by molar-refractivity contribution is 5.75. The van der Waals surface area contributed by atoms with Crippen LogP contribution in [0.3, 0.4) is 0 Å². The molecule has 186 valence electrons. The van der Waals surface area contributed by atoms with Crippen LogP contribution in [0.15, 0.2) is 78.9 Å². The van der Waals surface area contributed by atoms with Gasteiger partial charge in [-0.15, -0.1) is 0 Å². The number of ether oxygens (including phenoxy) is 4. The van der Waals surface area contributed by atoms with Crippen molar-refractivity contribution in [1.29, 1.82) is 0 Å². The summed E-state index contributed by atoms with van der Waals surface area (Å²) in [6, 6.07) is 25.6. The topological polar surface area (TPSA) is 54.0 Å². The Kier molecular flexibility index (Phi) is 9.74. The predicted molar refractivity (Wildman–Crippen MR) is 138 cm³/mol. The average Bonchev–Trinajstić information content (AvgIpc) is 2.85. The highest BCUT2D eigenvalue weighted by Gasteiger charge is 2.23. The van der Waals surface area contributed by atoms with Gasteiger partial charge in [0.1, 0.15) is 18.1 Å². The van der Waals surface area contributed by atoms with Crippen molar-refractivity contribution < 1.29 is 23.7 Å². The van der Waals surface area contributed by atoms with E-state index in [1.54, 1.807) is 6.92 Å². The van der Waals surface area contributed by atoms with Crippen LogP contribution in [0.1, 0.15) is 44.4 Å². The van der Waals surface area contributed by atoms with Crippen LogP contribution in [0.2, 0.25) is 0 Å². The molecule has 0 bridgehead atoms. The molecule has 0 aromatic heterocycles. The second-order valence-electron chi connectivity index (χ2n) is 9.37. The Labute approximate surface area is 209 Å². The molecule has 35 heavy (non-hydrogen) atoms. The van der Waals surface area contributed by atoms with Gasteiger partial charge in [-0.2, -0.15) is 0 Å². The summed E-state index contributed by atoms with van der Waals surface area (Å²) in [5.74, 6) is 1.03. The number of hydrogen-bond acceptors (Lipinski definition) is 5. The quantitative estimate of drug-likeness (QED) is 0.232. The first-order valence-electron chi connectivity index (χ1n) is 12.1. The lowest BCUT2D eigenvalue weighted by Gasteiger charge is -2.21. The van der Waals surface area contributed by atoms with Gasteiger partial charge in [-0.05, 0) is 53.3 Å². The molecular weight excluding hydrogens is 440 g/mol. The second-order valence-corrected chi connectivity index (χ2v) is 9.37. The number of rotatable bonds is 12. The van der Waals surface area contributed by atoms with Crippen molar-refractivity contribution in [1.82, 2.24) is 0 Å². The van der Waals surface area contributed by atoms with Gasteiger partial charge in [0.15, 0.2) is 6.10 Å². The number of esters is 1. The molecule has 0 amide bonds. The van der Waals surface area contributed by atoms with Crippen LogP contribution in [-0.4, -0.2) is 31.9 Å². The molecule has 1 atom stereocenters. The Morgan fingerprint density at radius 3 is 2.09 bits per heavy atom. The largest absolute Gasteiger partial charge is 0.491 e. The van der Waals surface area contributed by atoms with E-state index in [9.17, 15) is 4.79 Å². The fraction of sp³-hybridized carbons (Fsp3) is 0.367. The van der Waals surface area contributed by atoms with Crippen molar-refractivity contribution in [2.24, 2.45) is 0 Å². The molecule has 0 aliphatic carbocycles. The molecule has 0 heterocycles. The smallest absolute Gasteiger partial charge is 0.347 e. The van der Waals surface area contributed by atoms with E-state index in [1.807, 2.05) is 78.9 Å². The predicted octanol–water partition coefficient (Wildman–Crippen LogP) is 6.13. The van der Waals surface area contributed by atoms with Gasteiger partial charge in [0.05, 0.1) is 19.8 Å². The van der Waals surface area contributed by atoms with Gasteiger partial charge in [-0.3, -0.25) is 0 Å². The van der Waals surface area contributed by atoms with E-state index in [4.69, 9.17) is 18.9 Å². The van der Waals surface area contributed by atoms with Crippen molar-refractivity contribution in [3.63, 3.8) is 0 Å². The van der Waals surface area contributed by atoms with Crippen LogP contribution in [0.5, 0.6) is 11.5 Å². The monoisotopic (exact) mass is 476 g/mol. The van der Waals surface area contributed by atoms with Crippen LogP contribution < -0.4 is 9.47 Å². The summed E-state index contributed by atoms with van der Waals surface area (Å²) in [6.45, 7) is 10.1. The van der Waals surface area contributed by atoms with E-state index in [-0.39, 0.29) is 11.4 Å². The minimum Gasteiger partial charge on any atom is -0.491 e. The second kappa shape index (κ2) is 13.0. The third kappa shape index (κ3) is 8.76. The molecule has 3 aromatic rings. The maximum Gasteiger partial charge on any atom is 0.347 e. The van der Waals surface area contributed by atoms with E-state index in [1.165, 1.54) is 5.56 Å². The summed E-state index contributed by atoms with van der Waals surface area (Å²) < 4.78 is 22.7. The molecule has 0 saturated heterocycles. The molecule has 0 saturated carbocycles. The van der Waals surface area contributed by atoms with Crippen molar-refractivity contribution in [3.05, 3.63) is 95.6 Å². The van der Waals surface area contributed by atoms with Crippen molar-refractivity contribution >= 4 is 5.97 Å². The average molecular weight is 477 g/mol. The first-order valence-corrected chi connectivity index (χ1v) is 12.1. The van der Waals surface area contributed by atoms with Crippen LogP contribution in [0.4, 0.5) is 0 Å². The maximum atomic E-state index is 12.6. The van der Waals surface area contributed by atoms with Gasteiger partial charge < -0.3 is 18.9 Å². The normalized spacial score (nSPS) is 12.1. The Morgan fingerprint density at radius 1 is 0.800 bits per heavy atom. The Hall–Kier alpha value is -3.31. The lowest BCUT2D eigenvalue weighted by Crippen LogP contribution is -2.31. The Morgan fingerprint density at radius 2 is 1.46 bits per heavy atom. The van der Waals surface area contributed by atoms with E-state index < -0.39 is 6.10 Å². The molecule has 3 aromatic carbocycles. The van der Waals surface area contributed by atoms with Crippen LogP contribution in [-0.2, 0) is 32.7 Å². The number of benzene rings is 3. The molecule has 5 nitrogen and oxygen atoms in total. The summed E-state index contributed by atoms with van der Waals surface area (Å²) in [5, 5.41) is 0. The SMILES string of the molecule is CCOC(=O)[C@H](Cc1ccc(OCCOCc2ccccc2)cc1)Oc1ccc(C(C)(C)C)cc1. The van der Waals surface area contributed by atoms with Gasteiger partial charge in [0.2, 0.25) is 0 Å². The fourth-order valence-electron chi connectivity index (χ4n) is 3.52. The van der Waals surface area contributed by atoms with Gasteiger partial charge in [0.25, 0.3) is 0 Å². The molecule has 0 aliphatic rings. The van der Waals surface area contributed by atoms with E-state index in [2.05, 4.69) is 20.8 Å². The molecule has 0 aliphatic heterocycles. The van der Waals surface area contributed by atoms with Crippen molar-refractivity contribution in [2.45, 2.75) is 52.2 Å². The number of hydrogen-bond donors (Lipinski definition) is 0. The Balaban J connectivity index is 1.52. The molecule has 0 spiro atoms. The minimum atomic E-state index is -0.728. The third-order valence-corrected chi connectivity index (χ3v) is 5.50.